The molecule has 0 radical (unpaired) electrons. The summed E-state index contributed by atoms with van der Waals surface area (Å²) in [4.78, 5) is 51.4. The number of esters is 2. The summed E-state index contributed by atoms with van der Waals surface area (Å²) in [7, 11) is -3.53. The van der Waals surface area contributed by atoms with Gasteiger partial charge in [-0.3, -0.25) is 14.5 Å². The molecule has 0 bridgehead atoms. The number of hydrogen-bond donors (Lipinski definition) is 0. The van der Waals surface area contributed by atoms with E-state index >= 15 is 0 Å². The van der Waals surface area contributed by atoms with Crippen LogP contribution in [0.5, 0.6) is 0 Å². The number of carbonyl (C=O) groups excluding carboxylic acids is 4. The van der Waals surface area contributed by atoms with E-state index in [1.807, 2.05) is 0 Å². The topological polar surface area (TPSA) is 124 Å². The molecule has 0 N–H and O–H groups in total. The Labute approximate surface area is 211 Å². The molecule has 9 nitrogen and oxygen atoms in total. The number of rotatable bonds is 9. The van der Waals surface area contributed by atoms with E-state index in [9.17, 15) is 27.6 Å². The molecule has 1 unspecified atom stereocenters. The molecular formula is C23H21Cl2NO8S. The first kappa shape index (κ1) is 26.7. The van der Waals surface area contributed by atoms with Gasteiger partial charge in [0.25, 0.3) is 11.8 Å². The average molecular weight is 542 g/mol. The van der Waals surface area contributed by atoms with E-state index in [2.05, 4.69) is 0 Å². The Balaban J connectivity index is 1.81. The molecule has 0 saturated carbocycles. The number of nitrogens with zero attached hydrogens (tertiary/aromatic N) is 1. The van der Waals surface area contributed by atoms with Crippen molar-refractivity contribution in [2.75, 3.05) is 18.6 Å². The summed E-state index contributed by atoms with van der Waals surface area (Å²) >= 11 is 11.9. The Hall–Kier alpha value is -2.95. The van der Waals surface area contributed by atoms with Gasteiger partial charge >= 0.3 is 11.9 Å². The molecule has 0 saturated heterocycles. The minimum Gasteiger partial charge on any atom is -0.462 e. The fourth-order valence-electron chi connectivity index (χ4n) is 3.42. The van der Waals surface area contributed by atoms with Gasteiger partial charge in [0.1, 0.15) is 22.5 Å². The lowest BCUT2D eigenvalue weighted by molar-refractivity contribution is -0.149. The molecule has 0 aromatic heterocycles. The van der Waals surface area contributed by atoms with Crippen LogP contribution in [0.4, 0.5) is 0 Å². The third-order valence-electron chi connectivity index (χ3n) is 5.15. The molecule has 1 heterocycles. The van der Waals surface area contributed by atoms with Gasteiger partial charge in [0.2, 0.25) is 0 Å². The fraction of sp³-hybridized carbons (Fsp3) is 0.304. The van der Waals surface area contributed by atoms with Crippen LogP contribution in [0.1, 0.15) is 50.0 Å². The molecule has 1 atom stereocenters. The van der Waals surface area contributed by atoms with Crippen molar-refractivity contribution in [1.29, 1.82) is 0 Å². The van der Waals surface area contributed by atoms with Crippen molar-refractivity contribution in [2.45, 2.75) is 26.0 Å². The molecule has 35 heavy (non-hydrogen) atoms. The lowest BCUT2D eigenvalue weighted by Crippen LogP contribution is -2.46. The number of sulfone groups is 1. The third-order valence-corrected chi connectivity index (χ3v) is 6.85. The number of halogens is 2. The van der Waals surface area contributed by atoms with E-state index in [4.69, 9.17) is 32.7 Å². The number of imide groups is 1. The average Bonchev–Trinajstić information content (AvgIpc) is 3.02. The number of amides is 2. The van der Waals surface area contributed by atoms with Crippen LogP contribution in [0, 0.1) is 0 Å². The zero-order chi connectivity index (χ0) is 25.9. The van der Waals surface area contributed by atoms with Gasteiger partial charge in [-0.15, -0.1) is 0 Å². The van der Waals surface area contributed by atoms with E-state index in [0.717, 1.165) is 6.26 Å². The lowest BCUT2D eigenvalue weighted by atomic mass is 10.1. The SMILES string of the molecule is CCOC(=O)c1ccc(COC(=O)C(CCS(C)(=O)=O)N2C(=O)c3cc(Cl)c(Cl)cc3C2=O)cc1. The standard InChI is InChI=1S/C23H21Cl2NO8S/c1-3-33-22(29)14-6-4-13(5-7-14)12-34-23(30)19(8-9-35(2,31)32)26-20(27)15-10-17(24)18(25)11-16(15)21(26)28/h4-7,10-11,19H,3,8-9,12H2,1-2H3. The molecule has 12 heteroatoms. The van der Waals surface area contributed by atoms with Crippen molar-refractivity contribution < 1.29 is 37.1 Å². The van der Waals surface area contributed by atoms with Crippen LogP contribution in [0.15, 0.2) is 36.4 Å². The van der Waals surface area contributed by atoms with Crippen LogP contribution in [-0.2, 0) is 30.7 Å². The molecular weight excluding hydrogens is 521 g/mol. The summed E-state index contributed by atoms with van der Waals surface area (Å²) < 4.78 is 33.7. The second-order valence-electron chi connectivity index (χ2n) is 7.75. The number of fused-ring (bicyclic) bond motifs is 1. The monoisotopic (exact) mass is 541 g/mol. The highest BCUT2D eigenvalue weighted by Gasteiger charge is 2.44. The van der Waals surface area contributed by atoms with Crippen molar-refractivity contribution >= 4 is 56.8 Å². The van der Waals surface area contributed by atoms with E-state index < -0.39 is 45.4 Å². The van der Waals surface area contributed by atoms with Crippen LogP contribution in [0.2, 0.25) is 10.0 Å². The maximum absolute atomic E-state index is 13.0. The largest absolute Gasteiger partial charge is 0.462 e. The molecule has 1 aliphatic rings. The Morgan fingerprint density at radius 1 is 0.971 bits per heavy atom. The first-order valence-electron chi connectivity index (χ1n) is 10.4. The molecule has 0 fully saturated rings. The predicted octanol–water partition coefficient (Wildman–Crippen LogP) is 3.31. The molecule has 2 amide bonds. The van der Waals surface area contributed by atoms with Gasteiger partial charge in [-0.05, 0) is 43.2 Å². The van der Waals surface area contributed by atoms with Gasteiger partial charge in [0.05, 0.1) is 39.1 Å². The minimum atomic E-state index is -3.53. The normalized spacial score (nSPS) is 14.0. The minimum absolute atomic E-state index is 0.0453. The molecule has 0 aliphatic carbocycles. The van der Waals surface area contributed by atoms with Crippen LogP contribution >= 0.6 is 23.2 Å². The van der Waals surface area contributed by atoms with Gasteiger partial charge in [-0.1, -0.05) is 35.3 Å². The van der Waals surface area contributed by atoms with E-state index in [1.165, 1.54) is 24.3 Å². The first-order valence-corrected chi connectivity index (χ1v) is 13.2. The highest BCUT2D eigenvalue weighted by Crippen LogP contribution is 2.33. The zero-order valence-electron chi connectivity index (χ0n) is 18.7. The first-order chi connectivity index (χ1) is 16.4. The quantitative estimate of drug-likeness (QED) is 0.349. The van der Waals surface area contributed by atoms with Gasteiger partial charge in [-0.2, -0.15) is 0 Å². The summed E-state index contributed by atoms with van der Waals surface area (Å²) in [6.45, 7) is 1.67. The van der Waals surface area contributed by atoms with Crippen molar-refractivity contribution in [2.24, 2.45) is 0 Å². The molecule has 2 aromatic rings. The zero-order valence-corrected chi connectivity index (χ0v) is 21.1. The number of hydrogen-bond acceptors (Lipinski definition) is 8. The van der Waals surface area contributed by atoms with Crippen molar-refractivity contribution in [3.8, 4) is 0 Å². The molecule has 186 valence electrons. The van der Waals surface area contributed by atoms with Gasteiger partial charge in [0, 0.05) is 6.26 Å². The highest BCUT2D eigenvalue weighted by molar-refractivity contribution is 7.90. The Morgan fingerprint density at radius 2 is 1.51 bits per heavy atom. The maximum atomic E-state index is 13.0. The van der Waals surface area contributed by atoms with Gasteiger partial charge in [-0.25, -0.2) is 18.0 Å². The summed E-state index contributed by atoms with van der Waals surface area (Å²) in [5.74, 6) is -3.54. The van der Waals surface area contributed by atoms with Crippen LogP contribution in [-0.4, -0.2) is 61.7 Å². The molecule has 3 rings (SSSR count). The van der Waals surface area contributed by atoms with E-state index in [-0.39, 0.29) is 40.8 Å². The summed E-state index contributed by atoms with van der Waals surface area (Å²) in [5, 5.41) is 0.102. The van der Waals surface area contributed by atoms with Crippen molar-refractivity contribution in [3.05, 3.63) is 68.7 Å². The maximum Gasteiger partial charge on any atom is 0.338 e. The Morgan fingerprint density at radius 3 is 2.00 bits per heavy atom. The van der Waals surface area contributed by atoms with E-state index in [1.54, 1.807) is 19.1 Å². The summed E-state index contributed by atoms with van der Waals surface area (Å²) in [6.07, 6.45) is 0.620. The number of ether oxygens (including phenoxy) is 2. The second-order valence-corrected chi connectivity index (χ2v) is 10.8. The smallest absolute Gasteiger partial charge is 0.338 e. The molecule has 1 aliphatic heterocycles. The van der Waals surface area contributed by atoms with Crippen molar-refractivity contribution in [1.82, 2.24) is 4.90 Å². The number of carbonyl (C=O) groups is 4. The van der Waals surface area contributed by atoms with E-state index in [0.29, 0.717) is 16.0 Å². The van der Waals surface area contributed by atoms with Crippen LogP contribution < -0.4 is 0 Å². The Bertz CT molecular complexity index is 1250. The molecule has 2 aromatic carbocycles. The third kappa shape index (κ3) is 6.19. The predicted molar refractivity (Wildman–Crippen MR) is 127 cm³/mol. The fourth-order valence-corrected chi connectivity index (χ4v) is 4.39. The van der Waals surface area contributed by atoms with Crippen LogP contribution in [0.3, 0.4) is 0 Å². The number of benzene rings is 2. The van der Waals surface area contributed by atoms with Crippen molar-refractivity contribution in [3.63, 3.8) is 0 Å². The molecule has 0 spiro atoms. The second kappa shape index (κ2) is 10.8. The summed E-state index contributed by atoms with van der Waals surface area (Å²) in [5.41, 5.74) is 0.748. The van der Waals surface area contributed by atoms with Gasteiger partial charge in [0.15, 0.2) is 0 Å². The lowest BCUT2D eigenvalue weighted by Gasteiger charge is -2.24. The highest BCUT2D eigenvalue weighted by atomic mass is 35.5. The Kier molecular flexibility index (Phi) is 8.19. The summed E-state index contributed by atoms with van der Waals surface area (Å²) in [6, 6.07) is 7.06. The van der Waals surface area contributed by atoms with Gasteiger partial charge < -0.3 is 9.47 Å². The van der Waals surface area contributed by atoms with Crippen LogP contribution in [0.25, 0.3) is 0 Å².